The van der Waals surface area contributed by atoms with Crippen molar-refractivity contribution in [2.75, 3.05) is 0 Å². The quantitative estimate of drug-likeness (QED) is 0.554. The Morgan fingerprint density at radius 2 is 2.07 bits per heavy atom. The third-order valence-corrected chi connectivity index (χ3v) is 2.36. The van der Waals surface area contributed by atoms with Gasteiger partial charge in [0.2, 0.25) is 0 Å². The summed E-state index contributed by atoms with van der Waals surface area (Å²) in [5, 5.41) is 0. The van der Waals surface area contributed by atoms with Crippen molar-refractivity contribution in [3.05, 3.63) is 60.2 Å². The average Bonchev–Trinajstić information content (AvgIpc) is 2.62. The highest BCUT2D eigenvalue weighted by molar-refractivity contribution is 5.86. The van der Waals surface area contributed by atoms with Crippen LogP contribution in [0.2, 0.25) is 0 Å². The van der Waals surface area contributed by atoms with Gasteiger partial charge in [-0.05, 0) is 17.6 Å². The van der Waals surface area contributed by atoms with Crippen LogP contribution < -0.4 is 0 Å². The van der Waals surface area contributed by atoms with E-state index in [9.17, 15) is 4.79 Å². The van der Waals surface area contributed by atoms with Crippen LogP contribution in [0, 0.1) is 0 Å². The first-order valence-electron chi connectivity index (χ1n) is 4.88. The summed E-state index contributed by atoms with van der Waals surface area (Å²) in [7, 11) is 0. The van der Waals surface area contributed by atoms with Crippen molar-refractivity contribution in [1.82, 2.24) is 0 Å². The highest BCUT2D eigenvalue weighted by atomic mass is 16.5. The minimum absolute atomic E-state index is 0.225. The number of ether oxygens (including phenoxy) is 1. The number of hydrogen-bond acceptors (Lipinski definition) is 2. The second-order valence-corrected chi connectivity index (χ2v) is 3.44. The highest BCUT2D eigenvalue weighted by Gasteiger charge is 2.26. The maximum Gasteiger partial charge on any atom is 0.331 e. The van der Waals surface area contributed by atoms with Crippen molar-refractivity contribution in [2.45, 2.75) is 12.5 Å². The molecule has 0 saturated heterocycles. The van der Waals surface area contributed by atoms with Crippen molar-refractivity contribution >= 4 is 5.97 Å². The summed E-state index contributed by atoms with van der Waals surface area (Å²) in [6.07, 6.45) is 3.80. The maximum atomic E-state index is 11.2. The summed E-state index contributed by atoms with van der Waals surface area (Å²) in [5.74, 6) is -0.263. The second kappa shape index (κ2) is 4.13. The molecular formula is C13H12O2. The molecule has 1 heterocycles. The van der Waals surface area contributed by atoms with E-state index >= 15 is 0 Å². The van der Waals surface area contributed by atoms with E-state index in [2.05, 4.69) is 6.58 Å². The zero-order valence-electron chi connectivity index (χ0n) is 8.35. The summed E-state index contributed by atoms with van der Waals surface area (Å²) in [6.45, 7) is 3.67. The topological polar surface area (TPSA) is 26.3 Å². The molecule has 0 N–H and O–H groups in total. The summed E-state index contributed by atoms with van der Waals surface area (Å²) in [5.41, 5.74) is 1.98. The molecule has 2 nitrogen and oxygen atoms in total. The standard InChI is InChI=1S/C13H12O2/c1-2-6-11-9-12(14)15-13(11)10-7-4-3-5-8-10/h2-5,7-9,13H,1,6H2. The molecule has 0 amide bonds. The third-order valence-electron chi connectivity index (χ3n) is 2.36. The first-order chi connectivity index (χ1) is 7.31. The summed E-state index contributed by atoms with van der Waals surface area (Å²) in [6, 6.07) is 9.73. The van der Waals surface area contributed by atoms with E-state index in [1.54, 1.807) is 12.2 Å². The lowest BCUT2D eigenvalue weighted by Gasteiger charge is -2.13. The third kappa shape index (κ3) is 1.99. The Labute approximate surface area is 88.9 Å². The van der Waals surface area contributed by atoms with Crippen molar-refractivity contribution in [3.63, 3.8) is 0 Å². The number of carbonyl (C=O) groups is 1. The molecule has 0 aromatic heterocycles. The lowest BCUT2D eigenvalue weighted by Crippen LogP contribution is -2.02. The van der Waals surface area contributed by atoms with Crippen LogP contribution in [0.25, 0.3) is 0 Å². The fourth-order valence-corrected chi connectivity index (χ4v) is 1.70. The number of rotatable bonds is 3. The molecule has 1 aliphatic heterocycles. The Balaban J connectivity index is 2.27. The van der Waals surface area contributed by atoms with Gasteiger partial charge in [0.15, 0.2) is 0 Å². The largest absolute Gasteiger partial charge is 0.450 e. The summed E-state index contributed by atoms with van der Waals surface area (Å²) >= 11 is 0. The molecule has 15 heavy (non-hydrogen) atoms. The number of hydrogen-bond donors (Lipinski definition) is 0. The van der Waals surface area contributed by atoms with Crippen LogP contribution in [0.1, 0.15) is 18.1 Å². The van der Waals surface area contributed by atoms with Crippen molar-refractivity contribution < 1.29 is 9.53 Å². The van der Waals surface area contributed by atoms with Crippen LogP contribution in [0.3, 0.4) is 0 Å². The van der Waals surface area contributed by atoms with E-state index in [0.29, 0.717) is 6.42 Å². The van der Waals surface area contributed by atoms with Gasteiger partial charge in [0, 0.05) is 6.08 Å². The molecule has 2 rings (SSSR count). The minimum atomic E-state index is -0.263. The number of esters is 1. The van der Waals surface area contributed by atoms with Crippen LogP contribution >= 0.6 is 0 Å². The molecule has 76 valence electrons. The van der Waals surface area contributed by atoms with E-state index < -0.39 is 0 Å². The molecule has 0 radical (unpaired) electrons. The lowest BCUT2D eigenvalue weighted by molar-refractivity contribution is -0.139. The number of carbonyl (C=O) groups excluding carboxylic acids is 1. The molecule has 1 aromatic rings. The molecule has 0 spiro atoms. The highest BCUT2D eigenvalue weighted by Crippen LogP contribution is 2.32. The zero-order valence-corrected chi connectivity index (χ0v) is 8.35. The predicted molar refractivity (Wildman–Crippen MR) is 58.2 cm³/mol. The van der Waals surface area contributed by atoms with Gasteiger partial charge in [-0.2, -0.15) is 0 Å². The van der Waals surface area contributed by atoms with Gasteiger partial charge in [0.05, 0.1) is 0 Å². The monoisotopic (exact) mass is 200 g/mol. The van der Waals surface area contributed by atoms with Crippen LogP contribution in [-0.2, 0) is 9.53 Å². The van der Waals surface area contributed by atoms with E-state index in [1.807, 2.05) is 30.3 Å². The van der Waals surface area contributed by atoms with Gasteiger partial charge in [0.1, 0.15) is 6.10 Å². The van der Waals surface area contributed by atoms with Gasteiger partial charge < -0.3 is 4.74 Å². The first kappa shape index (κ1) is 9.71. The number of cyclic esters (lactones) is 1. The van der Waals surface area contributed by atoms with E-state index in [4.69, 9.17) is 4.74 Å². The number of allylic oxidation sites excluding steroid dienone is 1. The summed E-state index contributed by atoms with van der Waals surface area (Å²) in [4.78, 5) is 11.2. The normalized spacial score (nSPS) is 19.6. The molecule has 0 aliphatic carbocycles. The Hall–Kier alpha value is -1.83. The Morgan fingerprint density at radius 1 is 1.33 bits per heavy atom. The van der Waals surface area contributed by atoms with Crippen molar-refractivity contribution in [1.29, 1.82) is 0 Å². The molecule has 0 bridgehead atoms. The molecule has 1 aliphatic rings. The van der Waals surface area contributed by atoms with Gasteiger partial charge in [-0.25, -0.2) is 4.79 Å². The zero-order chi connectivity index (χ0) is 10.7. The smallest absolute Gasteiger partial charge is 0.331 e. The maximum absolute atomic E-state index is 11.2. The Bertz CT molecular complexity index is 404. The Morgan fingerprint density at radius 3 is 2.73 bits per heavy atom. The van der Waals surface area contributed by atoms with Gasteiger partial charge >= 0.3 is 5.97 Å². The predicted octanol–water partition coefficient (Wildman–Crippen LogP) is 2.79. The molecule has 0 fully saturated rings. The van der Waals surface area contributed by atoms with Crippen molar-refractivity contribution in [3.8, 4) is 0 Å². The second-order valence-electron chi connectivity index (χ2n) is 3.44. The van der Waals surface area contributed by atoms with Gasteiger partial charge in [0.25, 0.3) is 0 Å². The van der Waals surface area contributed by atoms with Gasteiger partial charge in [-0.15, -0.1) is 6.58 Å². The molecule has 1 unspecified atom stereocenters. The molecule has 1 atom stereocenters. The molecule has 2 heteroatoms. The van der Waals surface area contributed by atoms with Gasteiger partial charge in [-0.3, -0.25) is 0 Å². The van der Waals surface area contributed by atoms with Crippen LogP contribution in [0.4, 0.5) is 0 Å². The first-order valence-corrected chi connectivity index (χ1v) is 4.88. The fourth-order valence-electron chi connectivity index (χ4n) is 1.70. The minimum Gasteiger partial charge on any atom is -0.450 e. The molecular weight excluding hydrogens is 188 g/mol. The van der Waals surface area contributed by atoms with Crippen LogP contribution in [-0.4, -0.2) is 5.97 Å². The molecule has 1 aromatic carbocycles. The summed E-state index contributed by atoms with van der Waals surface area (Å²) < 4.78 is 5.23. The van der Waals surface area contributed by atoms with E-state index in [-0.39, 0.29) is 12.1 Å². The molecule has 0 saturated carbocycles. The van der Waals surface area contributed by atoms with Crippen molar-refractivity contribution in [2.24, 2.45) is 0 Å². The van der Waals surface area contributed by atoms with Crippen LogP contribution in [0.5, 0.6) is 0 Å². The van der Waals surface area contributed by atoms with E-state index in [1.165, 1.54) is 0 Å². The number of benzene rings is 1. The lowest BCUT2D eigenvalue weighted by atomic mass is 10.0. The fraction of sp³-hybridized carbons (Fsp3) is 0.154. The van der Waals surface area contributed by atoms with Gasteiger partial charge in [-0.1, -0.05) is 36.4 Å². The Kier molecular flexibility index (Phi) is 2.68. The average molecular weight is 200 g/mol. The SMILES string of the molecule is C=CCC1=CC(=O)OC1c1ccccc1. The van der Waals surface area contributed by atoms with Crippen LogP contribution in [0.15, 0.2) is 54.6 Å². The van der Waals surface area contributed by atoms with E-state index in [0.717, 1.165) is 11.1 Å².